The standard InChI is InChI=1S/C23H19N3O8S/c1-12-11-35-21-17(24-19(27)15-4-2-3-5-16(15)22(29)30)20(28)25(21)18(12)23(31)34-10-13-6-8-14(9-7-13)26(32)33/h2-9,17,21H,10-11H2,1H3,(H,24,27)(H,29,30)/t17?,21-/m1/s1. The summed E-state index contributed by atoms with van der Waals surface area (Å²) in [6.45, 7) is 1.56. The van der Waals surface area contributed by atoms with Crippen molar-refractivity contribution in [3.63, 3.8) is 0 Å². The molecular formula is C23H19N3O8S. The second kappa shape index (κ2) is 9.58. The average molecular weight is 497 g/mol. The lowest BCUT2D eigenvalue weighted by Crippen LogP contribution is -2.70. The van der Waals surface area contributed by atoms with Gasteiger partial charge in [-0.25, -0.2) is 9.59 Å². The summed E-state index contributed by atoms with van der Waals surface area (Å²) in [4.78, 5) is 61.3. The second-order valence-electron chi connectivity index (χ2n) is 7.84. The molecule has 1 fully saturated rings. The van der Waals surface area contributed by atoms with Crippen molar-refractivity contribution in [1.82, 2.24) is 10.2 Å². The number of hydrogen-bond acceptors (Lipinski definition) is 8. The van der Waals surface area contributed by atoms with Crippen molar-refractivity contribution in [2.45, 2.75) is 24.9 Å². The summed E-state index contributed by atoms with van der Waals surface area (Å²) < 4.78 is 5.34. The maximum absolute atomic E-state index is 12.9. The third-order valence-corrected chi connectivity index (χ3v) is 6.98. The molecule has 2 heterocycles. The van der Waals surface area contributed by atoms with Gasteiger partial charge >= 0.3 is 11.9 Å². The molecule has 180 valence electrons. The maximum atomic E-state index is 12.9. The zero-order chi connectivity index (χ0) is 25.3. The number of amides is 2. The summed E-state index contributed by atoms with van der Waals surface area (Å²) in [5.74, 6) is -2.77. The molecule has 11 nitrogen and oxygen atoms in total. The van der Waals surface area contributed by atoms with Gasteiger partial charge in [0.2, 0.25) is 0 Å². The molecule has 1 unspecified atom stereocenters. The Morgan fingerprint density at radius 3 is 2.46 bits per heavy atom. The highest BCUT2D eigenvalue weighted by molar-refractivity contribution is 8.00. The van der Waals surface area contributed by atoms with E-state index in [0.29, 0.717) is 16.9 Å². The fraction of sp³-hybridized carbons (Fsp3) is 0.217. The van der Waals surface area contributed by atoms with Crippen molar-refractivity contribution in [2.24, 2.45) is 0 Å². The smallest absolute Gasteiger partial charge is 0.355 e. The number of β-lactam (4-membered cyclic amide) rings is 1. The van der Waals surface area contributed by atoms with E-state index in [9.17, 15) is 34.4 Å². The molecule has 0 spiro atoms. The van der Waals surface area contributed by atoms with E-state index in [2.05, 4.69) is 5.32 Å². The quantitative estimate of drug-likeness (QED) is 0.254. The predicted octanol–water partition coefficient (Wildman–Crippen LogP) is 2.32. The molecule has 2 aromatic carbocycles. The molecule has 0 aromatic heterocycles. The van der Waals surface area contributed by atoms with Crippen LogP contribution in [0.5, 0.6) is 0 Å². The molecule has 2 amide bonds. The minimum absolute atomic E-state index is 0.0680. The topological polar surface area (TPSA) is 156 Å². The Bertz CT molecular complexity index is 1270. The van der Waals surface area contributed by atoms with Crippen LogP contribution in [0.15, 0.2) is 59.8 Å². The fourth-order valence-electron chi connectivity index (χ4n) is 3.78. The highest BCUT2D eigenvalue weighted by atomic mass is 32.2. The van der Waals surface area contributed by atoms with E-state index in [-0.39, 0.29) is 29.1 Å². The van der Waals surface area contributed by atoms with Crippen LogP contribution in [0.1, 0.15) is 33.2 Å². The van der Waals surface area contributed by atoms with Gasteiger partial charge in [0, 0.05) is 17.9 Å². The Kier molecular flexibility index (Phi) is 6.56. The number of carbonyl (C=O) groups is 4. The summed E-state index contributed by atoms with van der Waals surface area (Å²) in [5, 5.41) is 22.1. The van der Waals surface area contributed by atoms with Gasteiger partial charge in [0.15, 0.2) is 0 Å². The van der Waals surface area contributed by atoms with Gasteiger partial charge in [-0.1, -0.05) is 12.1 Å². The van der Waals surface area contributed by atoms with Crippen molar-refractivity contribution >= 4 is 41.2 Å². The summed E-state index contributed by atoms with van der Waals surface area (Å²) in [6.07, 6.45) is 0. The zero-order valence-corrected chi connectivity index (χ0v) is 19.1. The van der Waals surface area contributed by atoms with Gasteiger partial charge in [0.1, 0.15) is 23.7 Å². The van der Waals surface area contributed by atoms with Gasteiger partial charge in [0.05, 0.1) is 16.1 Å². The van der Waals surface area contributed by atoms with E-state index in [0.717, 1.165) is 0 Å². The number of fused-ring (bicyclic) bond motifs is 1. The van der Waals surface area contributed by atoms with Gasteiger partial charge in [-0.05, 0) is 42.3 Å². The van der Waals surface area contributed by atoms with Crippen molar-refractivity contribution in [1.29, 1.82) is 0 Å². The number of carboxylic acid groups (broad SMARTS) is 1. The monoisotopic (exact) mass is 497 g/mol. The number of carboxylic acids is 1. The first-order valence-electron chi connectivity index (χ1n) is 10.4. The molecule has 1 saturated heterocycles. The number of esters is 1. The first-order valence-corrected chi connectivity index (χ1v) is 11.4. The molecule has 0 saturated carbocycles. The minimum Gasteiger partial charge on any atom is -0.478 e. The number of hydrogen-bond donors (Lipinski definition) is 2. The third-order valence-electron chi connectivity index (χ3n) is 5.56. The van der Waals surface area contributed by atoms with E-state index in [1.807, 2.05) is 0 Å². The van der Waals surface area contributed by atoms with E-state index in [1.54, 1.807) is 6.92 Å². The Labute approximate surface area is 202 Å². The van der Waals surface area contributed by atoms with E-state index in [1.165, 1.54) is 65.2 Å². The van der Waals surface area contributed by atoms with Gasteiger partial charge in [-0.2, -0.15) is 0 Å². The first-order chi connectivity index (χ1) is 16.7. The number of nitro groups is 1. The molecule has 2 aliphatic heterocycles. The Morgan fingerprint density at radius 1 is 1.17 bits per heavy atom. The number of nitrogens with one attached hydrogen (secondary N) is 1. The molecule has 2 atom stereocenters. The SMILES string of the molecule is CC1=C(C(=O)OCc2ccc([N+](=O)[O-])cc2)N2C(=O)C(NC(=O)c3ccccc3C(=O)O)[C@H]2SC1. The lowest BCUT2D eigenvalue weighted by atomic mass is 10.0. The first kappa shape index (κ1) is 24.0. The lowest BCUT2D eigenvalue weighted by Gasteiger charge is -2.49. The zero-order valence-electron chi connectivity index (χ0n) is 18.3. The number of aromatic carboxylic acids is 1. The maximum Gasteiger partial charge on any atom is 0.355 e. The molecular weight excluding hydrogens is 478 g/mol. The van der Waals surface area contributed by atoms with Crippen LogP contribution in [0.25, 0.3) is 0 Å². The fourth-order valence-corrected chi connectivity index (χ4v) is 5.07. The predicted molar refractivity (Wildman–Crippen MR) is 123 cm³/mol. The van der Waals surface area contributed by atoms with Crippen molar-refractivity contribution in [3.05, 3.63) is 86.6 Å². The van der Waals surface area contributed by atoms with E-state index >= 15 is 0 Å². The molecule has 35 heavy (non-hydrogen) atoms. The highest BCUT2D eigenvalue weighted by Gasteiger charge is 2.54. The van der Waals surface area contributed by atoms with Gasteiger partial charge < -0.3 is 15.2 Å². The number of carbonyl (C=O) groups excluding carboxylic acids is 3. The molecule has 2 aliphatic rings. The van der Waals surface area contributed by atoms with Gasteiger partial charge in [-0.3, -0.25) is 24.6 Å². The molecule has 2 aromatic rings. The summed E-state index contributed by atoms with van der Waals surface area (Å²) in [5.41, 5.74) is 0.932. The molecule has 0 bridgehead atoms. The van der Waals surface area contributed by atoms with Crippen LogP contribution in [-0.4, -0.2) is 55.9 Å². The van der Waals surface area contributed by atoms with Crippen LogP contribution < -0.4 is 5.32 Å². The molecule has 0 aliphatic carbocycles. The number of ether oxygens (including phenoxy) is 1. The number of benzene rings is 2. The normalized spacial score (nSPS) is 18.9. The number of rotatable bonds is 7. The van der Waals surface area contributed by atoms with Gasteiger partial charge in [-0.15, -0.1) is 11.8 Å². The summed E-state index contributed by atoms with van der Waals surface area (Å²) in [7, 11) is 0. The average Bonchev–Trinajstić information content (AvgIpc) is 2.85. The minimum atomic E-state index is -1.26. The Hall–Kier alpha value is -4.19. The lowest BCUT2D eigenvalue weighted by molar-refractivity contribution is -0.384. The van der Waals surface area contributed by atoms with Crippen LogP contribution >= 0.6 is 11.8 Å². The van der Waals surface area contributed by atoms with Crippen LogP contribution in [0.4, 0.5) is 5.69 Å². The summed E-state index contributed by atoms with van der Waals surface area (Å²) in [6, 6.07) is 10.3. The largest absolute Gasteiger partial charge is 0.478 e. The van der Waals surface area contributed by atoms with Crippen molar-refractivity contribution in [2.75, 3.05) is 5.75 Å². The molecule has 12 heteroatoms. The number of nitro benzene ring substituents is 1. The molecule has 2 N–H and O–H groups in total. The van der Waals surface area contributed by atoms with E-state index in [4.69, 9.17) is 4.74 Å². The van der Waals surface area contributed by atoms with Gasteiger partial charge in [0.25, 0.3) is 17.5 Å². The van der Waals surface area contributed by atoms with Crippen LogP contribution in [0.2, 0.25) is 0 Å². The van der Waals surface area contributed by atoms with Crippen molar-refractivity contribution < 1.29 is 33.9 Å². The summed E-state index contributed by atoms with van der Waals surface area (Å²) >= 11 is 1.37. The van der Waals surface area contributed by atoms with Crippen molar-refractivity contribution in [3.8, 4) is 0 Å². The molecule has 0 radical (unpaired) electrons. The second-order valence-corrected chi connectivity index (χ2v) is 8.95. The Morgan fingerprint density at radius 2 is 1.83 bits per heavy atom. The van der Waals surface area contributed by atoms with Crippen LogP contribution in [0, 0.1) is 10.1 Å². The third kappa shape index (κ3) is 4.60. The number of non-ortho nitro benzene ring substituents is 1. The highest BCUT2D eigenvalue weighted by Crippen LogP contribution is 2.40. The Balaban J connectivity index is 1.43. The van der Waals surface area contributed by atoms with E-state index < -0.39 is 40.1 Å². The van der Waals surface area contributed by atoms with Crippen LogP contribution in [-0.2, 0) is 20.9 Å². The molecule has 4 rings (SSSR count). The van der Waals surface area contributed by atoms with Crippen LogP contribution in [0.3, 0.4) is 0 Å². The number of thioether (sulfide) groups is 1. The number of nitrogens with zero attached hydrogens (tertiary/aromatic N) is 2.